The first-order valence-corrected chi connectivity index (χ1v) is 5.84. The van der Waals surface area contributed by atoms with Gasteiger partial charge in [0.15, 0.2) is 0 Å². The Morgan fingerprint density at radius 2 is 2.21 bits per heavy atom. The van der Waals surface area contributed by atoms with E-state index in [4.69, 9.17) is 0 Å². The Balaban J connectivity index is 1.57. The van der Waals surface area contributed by atoms with Gasteiger partial charge in [-0.1, -0.05) is 19.3 Å². The van der Waals surface area contributed by atoms with E-state index in [1.165, 1.54) is 25.7 Å². The lowest BCUT2D eigenvalue weighted by molar-refractivity contribution is -0.124. The number of amides is 1. The third-order valence-electron chi connectivity index (χ3n) is 3.51. The van der Waals surface area contributed by atoms with Gasteiger partial charge in [-0.3, -0.25) is 4.79 Å². The second-order valence-electron chi connectivity index (χ2n) is 4.57. The first-order valence-electron chi connectivity index (χ1n) is 5.84. The molecule has 3 nitrogen and oxygen atoms in total. The molecule has 0 aromatic heterocycles. The summed E-state index contributed by atoms with van der Waals surface area (Å²) in [7, 11) is 0. The van der Waals surface area contributed by atoms with E-state index >= 15 is 0 Å². The molecule has 1 aliphatic heterocycles. The van der Waals surface area contributed by atoms with Crippen LogP contribution in [0.25, 0.3) is 0 Å². The predicted molar refractivity (Wildman–Crippen MR) is 55.9 cm³/mol. The van der Waals surface area contributed by atoms with Crippen molar-refractivity contribution < 1.29 is 4.79 Å². The van der Waals surface area contributed by atoms with Gasteiger partial charge in [0.1, 0.15) is 0 Å². The van der Waals surface area contributed by atoms with Crippen molar-refractivity contribution in [3.63, 3.8) is 0 Å². The van der Waals surface area contributed by atoms with Crippen molar-refractivity contribution >= 4 is 5.91 Å². The van der Waals surface area contributed by atoms with Gasteiger partial charge in [-0.2, -0.15) is 0 Å². The lowest BCUT2D eigenvalue weighted by Gasteiger charge is -2.25. The summed E-state index contributed by atoms with van der Waals surface area (Å²) in [5.74, 6) is 1.39. The summed E-state index contributed by atoms with van der Waals surface area (Å²) < 4.78 is 0. The maximum Gasteiger partial charge on any atom is 0.224 e. The van der Waals surface area contributed by atoms with Gasteiger partial charge in [-0.05, 0) is 25.3 Å². The zero-order valence-electron chi connectivity index (χ0n) is 8.72. The molecule has 0 spiro atoms. The van der Waals surface area contributed by atoms with Gasteiger partial charge in [0.25, 0.3) is 0 Å². The van der Waals surface area contributed by atoms with Gasteiger partial charge in [0.05, 0.1) is 5.92 Å². The van der Waals surface area contributed by atoms with Gasteiger partial charge in [-0.15, -0.1) is 0 Å². The highest BCUT2D eigenvalue weighted by Gasteiger charge is 2.22. The van der Waals surface area contributed by atoms with Crippen molar-refractivity contribution in [1.82, 2.24) is 10.6 Å². The average Bonchev–Trinajstić information content (AvgIpc) is 2.61. The number of hydrogen-bond donors (Lipinski definition) is 2. The molecule has 2 fully saturated rings. The van der Waals surface area contributed by atoms with E-state index in [-0.39, 0.29) is 11.8 Å². The standard InChI is InChI=1S/C11H20N2O/c14-11(10-5-6-12-8-10)13-7-4-9-2-1-3-9/h9-10,12H,1-8H2,(H,13,14). The van der Waals surface area contributed by atoms with Crippen molar-refractivity contribution in [3.05, 3.63) is 0 Å². The van der Waals surface area contributed by atoms with Crippen LogP contribution in [0.5, 0.6) is 0 Å². The minimum absolute atomic E-state index is 0.233. The molecule has 1 saturated heterocycles. The number of hydrogen-bond acceptors (Lipinski definition) is 2. The van der Waals surface area contributed by atoms with Crippen LogP contribution in [0.1, 0.15) is 32.1 Å². The molecule has 2 aliphatic rings. The number of nitrogens with one attached hydrogen (secondary N) is 2. The van der Waals surface area contributed by atoms with Gasteiger partial charge in [-0.25, -0.2) is 0 Å². The molecule has 0 aromatic carbocycles. The third-order valence-corrected chi connectivity index (χ3v) is 3.51. The first-order chi connectivity index (χ1) is 6.86. The van der Waals surface area contributed by atoms with Crippen LogP contribution in [0.4, 0.5) is 0 Å². The number of rotatable bonds is 4. The molecule has 2 rings (SSSR count). The normalized spacial score (nSPS) is 27.3. The van der Waals surface area contributed by atoms with E-state index in [2.05, 4.69) is 10.6 Å². The first kappa shape index (κ1) is 9.97. The van der Waals surface area contributed by atoms with E-state index in [1.54, 1.807) is 0 Å². The van der Waals surface area contributed by atoms with Crippen molar-refractivity contribution in [2.45, 2.75) is 32.1 Å². The second kappa shape index (κ2) is 4.78. The molecular formula is C11H20N2O. The maximum atomic E-state index is 11.6. The monoisotopic (exact) mass is 196 g/mol. The highest BCUT2D eigenvalue weighted by molar-refractivity contribution is 5.79. The summed E-state index contributed by atoms with van der Waals surface area (Å²) in [6, 6.07) is 0. The van der Waals surface area contributed by atoms with E-state index in [9.17, 15) is 4.79 Å². The highest BCUT2D eigenvalue weighted by atomic mass is 16.1. The Morgan fingerprint density at radius 1 is 1.36 bits per heavy atom. The Morgan fingerprint density at radius 3 is 2.79 bits per heavy atom. The summed E-state index contributed by atoms with van der Waals surface area (Å²) >= 11 is 0. The predicted octanol–water partition coefficient (Wildman–Crippen LogP) is 0.902. The lowest BCUT2D eigenvalue weighted by Crippen LogP contribution is -2.33. The number of carbonyl (C=O) groups excluding carboxylic acids is 1. The van der Waals surface area contributed by atoms with Gasteiger partial charge in [0, 0.05) is 13.1 Å². The molecule has 1 saturated carbocycles. The fraction of sp³-hybridized carbons (Fsp3) is 0.909. The minimum atomic E-state index is 0.233. The van der Waals surface area contributed by atoms with E-state index in [1.807, 2.05) is 0 Å². The van der Waals surface area contributed by atoms with Crippen molar-refractivity contribution in [1.29, 1.82) is 0 Å². The molecule has 3 heteroatoms. The van der Waals surface area contributed by atoms with Crippen LogP contribution in [0.2, 0.25) is 0 Å². The maximum absolute atomic E-state index is 11.6. The Labute approximate surface area is 85.6 Å². The zero-order valence-corrected chi connectivity index (χ0v) is 8.72. The summed E-state index contributed by atoms with van der Waals surface area (Å²) in [6.07, 6.45) is 6.34. The molecule has 2 N–H and O–H groups in total. The van der Waals surface area contributed by atoms with Crippen LogP contribution in [0, 0.1) is 11.8 Å². The van der Waals surface area contributed by atoms with Crippen LogP contribution in [-0.4, -0.2) is 25.5 Å². The van der Waals surface area contributed by atoms with E-state index < -0.39 is 0 Å². The van der Waals surface area contributed by atoms with Crippen molar-refractivity contribution in [2.75, 3.05) is 19.6 Å². The molecule has 1 heterocycles. The van der Waals surface area contributed by atoms with Crippen LogP contribution < -0.4 is 10.6 Å². The minimum Gasteiger partial charge on any atom is -0.356 e. The quantitative estimate of drug-likeness (QED) is 0.701. The Bertz CT molecular complexity index is 195. The van der Waals surface area contributed by atoms with Gasteiger partial charge < -0.3 is 10.6 Å². The molecule has 14 heavy (non-hydrogen) atoms. The summed E-state index contributed by atoms with van der Waals surface area (Å²) in [6.45, 7) is 2.76. The Kier molecular flexibility index (Phi) is 3.40. The van der Waals surface area contributed by atoms with Crippen LogP contribution in [-0.2, 0) is 4.79 Å². The number of carbonyl (C=O) groups is 1. The van der Waals surface area contributed by atoms with Gasteiger partial charge in [0.2, 0.25) is 5.91 Å². The molecule has 1 atom stereocenters. The molecule has 1 unspecified atom stereocenters. The molecule has 1 amide bonds. The smallest absolute Gasteiger partial charge is 0.224 e. The summed E-state index contributed by atoms with van der Waals surface area (Å²) in [4.78, 5) is 11.6. The van der Waals surface area contributed by atoms with Crippen molar-refractivity contribution in [3.8, 4) is 0 Å². The largest absolute Gasteiger partial charge is 0.356 e. The fourth-order valence-electron chi connectivity index (χ4n) is 2.20. The third kappa shape index (κ3) is 2.47. The van der Waals surface area contributed by atoms with Crippen LogP contribution in [0.15, 0.2) is 0 Å². The van der Waals surface area contributed by atoms with E-state index in [0.717, 1.165) is 32.0 Å². The average molecular weight is 196 g/mol. The summed E-state index contributed by atoms with van der Waals surface area (Å²) in [5.41, 5.74) is 0. The van der Waals surface area contributed by atoms with E-state index in [0.29, 0.717) is 0 Å². The zero-order chi connectivity index (χ0) is 9.80. The van der Waals surface area contributed by atoms with Crippen LogP contribution >= 0.6 is 0 Å². The molecule has 1 aliphatic carbocycles. The molecule has 80 valence electrons. The summed E-state index contributed by atoms with van der Waals surface area (Å²) in [5, 5.41) is 6.26. The molecule has 0 bridgehead atoms. The topological polar surface area (TPSA) is 41.1 Å². The Hall–Kier alpha value is -0.570. The van der Waals surface area contributed by atoms with Gasteiger partial charge >= 0.3 is 0 Å². The molecule has 0 aromatic rings. The SMILES string of the molecule is O=C(NCCC1CCC1)C1CCNC1. The molecular weight excluding hydrogens is 176 g/mol. The fourth-order valence-corrected chi connectivity index (χ4v) is 2.20. The highest BCUT2D eigenvalue weighted by Crippen LogP contribution is 2.28. The van der Waals surface area contributed by atoms with Crippen molar-refractivity contribution in [2.24, 2.45) is 11.8 Å². The lowest BCUT2D eigenvalue weighted by atomic mass is 9.83. The molecule has 0 radical (unpaired) electrons. The van der Waals surface area contributed by atoms with Crippen LogP contribution in [0.3, 0.4) is 0 Å². The second-order valence-corrected chi connectivity index (χ2v) is 4.57.